The summed E-state index contributed by atoms with van der Waals surface area (Å²) < 4.78 is 10.7. The average molecular weight is 445 g/mol. The highest BCUT2D eigenvalue weighted by Crippen LogP contribution is 2.34. The van der Waals surface area contributed by atoms with Crippen LogP contribution in [0.5, 0.6) is 11.5 Å². The Bertz CT molecular complexity index is 1230. The predicted octanol–water partition coefficient (Wildman–Crippen LogP) is 5.73. The van der Waals surface area contributed by atoms with E-state index in [9.17, 15) is 4.79 Å². The lowest BCUT2D eigenvalue weighted by Gasteiger charge is -2.08. The molecule has 0 radical (unpaired) electrons. The first-order valence-corrected chi connectivity index (χ1v) is 11.1. The standard InChI is InChI=1S/C26H24N2O3S/c1-17-5-4-6-21(13-17)25(29)27-15-18-7-9-19(10-8-18)26-28-22(16-32-26)20-11-12-23(30-2)24(14-20)31-3/h4-14,16H,15H2,1-3H3,(H,27,29). The third-order valence-electron chi connectivity index (χ3n) is 5.12. The Morgan fingerprint density at radius 3 is 2.41 bits per heavy atom. The Morgan fingerprint density at radius 2 is 1.69 bits per heavy atom. The van der Waals surface area contributed by atoms with Gasteiger partial charge in [-0.25, -0.2) is 4.98 Å². The minimum atomic E-state index is -0.0720. The lowest BCUT2D eigenvalue weighted by atomic mass is 10.1. The lowest BCUT2D eigenvalue weighted by molar-refractivity contribution is 0.0951. The Hall–Kier alpha value is -3.64. The van der Waals surface area contributed by atoms with Crippen LogP contribution in [0.1, 0.15) is 21.5 Å². The minimum absolute atomic E-state index is 0.0720. The van der Waals surface area contributed by atoms with Gasteiger partial charge < -0.3 is 14.8 Å². The van der Waals surface area contributed by atoms with Crippen LogP contribution in [-0.4, -0.2) is 25.1 Å². The molecule has 0 spiro atoms. The van der Waals surface area contributed by atoms with Crippen molar-refractivity contribution in [1.29, 1.82) is 0 Å². The van der Waals surface area contributed by atoms with Crippen molar-refractivity contribution in [3.8, 4) is 33.3 Å². The summed E-state index contributed by atoms with van der Waals surface area (Å²) in [5.41, 5.74) is 5.67. The van der Waals surface area contributed by atoms with Gasteiger partial charge in [0.05, 0.1) is 19.9 Å². The summed E-state index contributed by atoms with van der Waals surface area (Å²) in [6.07, 6.45) is 0. The van der Waals surface area contributed by atoms with Crippen LogP contribution >= 0.6 is 11.3 Å². The van der Waals surface area contributed by atoms with Gasteiger partial charge in [0, 0.05) is 28.6 Å². The zero-order valence-electron chi connectivity index (χ0n) is 18.2. The van der Waals surface area contributed by atoms with Gasteiger partial charge in [-0.05, 0) is 42.8 Å². The van der Waals surface area contributed by atoms with Crippen LogP contribution in [0.25, 0.3) is 21.8 Å². The van der Waals surface area contributed by atoms with Gasteiger partial charge in [-0.1, -0.05) is 42.0 Å². The molecule has 0 saturated heterocycles. The van der Waals surface area contributed by atoms with E-state index >= 15 is 0 Å². The van der Waals surface area contributed by atoms with Gasteiger partial charge in [0.1, 0.15) is 5.01 Å². The van der Waals surface area contributed by atoms with Crippen LogP contribution in [-0.2, 0) is 6.54 Å². The number of amides is 1. The molecule has 162 valence electrons. The molecule has 0 unspecified atom stereocenters. The number of nitrogens with one attached hydrogen (secondary N) is 1. The summed E-state index contributed by atoms with van der Waals surface area (Å²) in [7, 11) is 3.25. The zero-order chi connectivity index (χ0) is 22.5. The molecule has 1 heterocycles. The van der Waals surface area contributed by atoms with Gasteiger partial charge in [0.2, 0.25) is 0 Å². The van der Waals surface area contributed by atoms with Gasteiger partial charge in [0.25, 0.3) is 5.91 Å². The monoisotopic (exact) mass is 444 g/mol. The summed E-state index contributed by atoms with van der Waals surface area (Å²) in [6.45, 7) is 2.45. The SMILES string of the molecule is COc1ccc(-c2csc(-c3ccc(CNC(=O)c4cccc(C)c4)cc3)n2)cc1OC. The normalized spacial score (nSPS) is 10.6. The van der Waals surface area contributed by atoms with E-state index in [1.807, 2.05) is 79.0 Å². The molecule has 0 atom stereocenters. The first-order chi connectivity index (χ1) is 15.6. The molecule has 1 N–H and O–H groups in total. The van der Waals surface area contributed by atoms with Crippen LogP contribution in [0.4, 0.5) is 0 Å². The number of thiazole rings is 1. The first-order valence-electron chi connectivity index (χ1n) is 10.2. The molecule has 5 nitrogen and oxygen atoms in total. The largest absolute Gasteiger partial charge is 0.493 e. The van der Waals surface area contributed by atoms with E-state index in [2.05, 4.69) is 5.32 Å². The zero-order valence-corrected chi connectivity index (χ0v) is 19.0. The maximum absolute atomic E-state index is 12.3. The third-order valence-corrected chi connectivity index (χ3v) is 6.01. The Kier molecular flexibility index (Phi) is 6.52. The van der Waals surface area contributed by atoms with Crippen LogP contribution < -0.4 is 14.8 Å². The van der Waals surface area contributed by atoms with E-state index in [-0.39, 0.29) is 5.91 Å². The fraction of sp³-hybridized carbons (Fsp3) is 0.154. The molecule has 4 rings (SSSR count). The number of hydrogen-bond donors (Lipinski definition) is 1. The van der Waals surface area contributed by atoms with E-state index < -0.39 is 0 Å². The highest BCUT2D eigenvalue weighted by molar-refractivity contribution is 7.13. The number of carbonyl (C=O) groups excluding carboxylic acids is 1. The van der Waals surface area contributed by atoms with Crippen LogP contribution in [0, 0.1) is 6.92 Å². The van der Waals surface area contributed by atoms with Gasteiger partial charge in [-0.3, -0.25) is 4.79 Å². The van der Waals surface area contributed by atoms with Crippen LogP contribution in [0.3, 0.4) is 0 Å². The number of aryl methyl sites for hydroxylation is 1. The second-order valence-corrected chi connectivity index (χ2v) is 8.21. The van der Waals surface area contributed by atoms with Crippen LogP contribution in [0.2, 0.25) is 0 Å². The molecule has 3 aromatic carbocycles. The molecule has 0 aliphatic rings. The summed E-state index contributed by atoms with van der Waals surface area (Å²) >= 11 is 1.59. The van der Waals surface area contributed by atoms with Crippen molar-refractivity contribution in [3.05, 3.63) is 88.8 Å². The lowest BCUT2D eigenvalue weighted by Crippen LogP contribution is -2.22. The fourth-order valence-electron chi connectivity index (χ4n) is 3.37. The number of aromatic nitrogens is 1. The molecule has 0 aliphatic carbocycles. The summed E-state index contributed by atoms with van der Waals surface area (Å²) in [5, 5.41) is 5.94. The van der Waals surface area contributed by atoms with Gasteiger partial charge >= 0.3 is 0 Å². The second kappa shape index (κ2) is 9.66. The molecule has 0 aliphatic heterocycles. The molecule has 32 heavy (non-hydrogen) atoms. The molecular formula is C26H24N2O3S. The summed E-state index contributed by atoms with van der Waals surface area (Å²) in [4.78, 5) is 17.1. The third kappa shape index (κ3) is 4.81. The molecule has 0 bridgehead atoms. The molecule has 4 aromatic rings. The van der Waals surface area contributed by atoms with Crippen molar-refractivity contribution >= 4 is 17.2 Å². The minimum Gasteiger partial charge on any atom is -0.493 e. The predicted molar refractivity (Wildman–Crippen MR) is 128 cm³/mol. The van der Waals surface area contributed by atoms with E-state index in [1.165, 1.54) is 0 Å². The Morgan fingerprint density at radius 1 is 0.938 bits per heavy atom. The van der Waals surface area contributed by atoms with E-state index in [4.69, 9.17) is 14.5 Å². The number of benzene rings is 3. The number of carbonyl (C=O) groups is 1. The summed E-state index contributed by atoms with van der Waals surface area (Å²) in [5.74, 6) is 1.30. The average Bonchev–Trinajstić information content (AvgIpc) is 3.32. The number of nitrogens with zero attached hydrogens (tertiary/aromatic N) is 1. The quantitative estimate of drug-likeness (QED) is 0.395. The van der Waals surface area contributed by atoms with Crippen molar-refractivity contribution in [1.82, 2.24) is 10.3 Å². The van der Waals surface area contributed by atoms with Gasteiger partial charge in [-0.15, -0.1) is 11.3 Å². The van der Waals surface area contributed by atoms with E-state index in [0.29, 0.717) is 23.6 Å². The topological polar surface area (TPSA) is 60.5 Å². The fourth-order valence-corrected chi connectivity index (χ4v) is 4.21. The Balaban J connectivity index is 1.44. The van der Waals surface area contributed by atoms with E-state index in [0.717, 1.165) is 33.0 Å². The summed E-state index contributed by atoms with van der Waals surface area (Å²) in [6, 6.07) is 21.5. The van der Waals surface area contributed by atoms with Crippen molar-refractivity contribution < 1.29 is 14.3 Å². The smallest absolute Gasteiger partial charge is 0.251 e. The number of rotatable bonds is 7. The second-order valence-electron chi connectivity index (χ2n) is 7.36. The Labute approximate surface area is 191 Å². The molecule has 6 heteroatoms. The van der Waals surface area contributed by atoms with Gasteiger partial charge in [-0.2, -0.15) is 0 Å². The van der Waals surface area contributed by atoms with Crippen molar-refractivity contribution in [3.63, 3.8) is 0 Å². The molecular weight excluding hydrogens is 420 g/mol. The first kappa shape index (κ1) is 21.6. The number of ether oxygens (including phenoxy) is 2. The van der Waals surface area contributed by atoms with Crippen molar-refractivity contribution in [2.24, 2.45) is 0 Å². The highest BCUT2D eigenvalue weighted by atomic mass is 32.1. The number of hydrogen-bond acceptors (Lipinski definition) is 5. The maximum Gasteiger partial charge on any atom is 0.251 e. The highest BCUT2D eigenvalue weighted by Gasteiger charge is 2.11. The number of methoxy groups -OCH3 is 2. The van der Waals surface area contributed by atoms with Crippen LogP contribution in [0.15, 0.2) is 72.1 Å². The molecule has 1 amide bonds. The molecule has 1 aromatic heterocycles. The van der Waals surface area contributed by atoms with Crippen molar-refractivity contribution in [2.45, 2.75) is 13.5 Å². The van der Waals surface area contributed by atoms with Gasteiger partial charge in [0.15, 0.2) is 11.5 Å². The molecule has 0 fully saturated rings. The van der Waals surface area contributed by atoms with Crippen molar-refractivity contribution in [2.75, 3.05) is 14.2 Å². The van der Waals surface area contributed by atoms with E-state index in [1.54, 1.807) is 25.6 Å². The molecule has 0 saturated carbocycles. The maximum atomic E-state index is 12.3.